The van der Waals surface area contributed by atoms with E-state index < -0.39 is 0 Å². The Balaban J connectivity index is 0.926. The predicted molar refractivity (Wildman–Crippen MR) is 228 cm³/mol. The molecule has 3 nitrogen and oxygen atoms in total. The maximum atomic E-state index is 6.34. The standard InChI is InChI=1S/C54H35NO2/c1-2-8-36(9-3-1)37-14-16-38(17-15-37)39-18-26-44(27-19-39)55(45-28-20-40(21-29-45)42-24-32-49-47-10-4-6-12-51(47)56-53(49)34-42)46-30-22-41(23-31-46)43-25-33-50-48-11-5-7-13-52(48)57-54(50)35-43/h1-2,4-6,8,10-12,14,16,18,20-26,28-35,47-48,51-52H,15,17H2. The van der Waals surface area contributed by atoms with Crippen molar-refractivity contribution in [2.24, 2.45) is 0 Å². The molecule has 4 aliphatic carbocycles. The Labute approximate surface area is 333 Å². The van der Waals surface area contributed by atoms with Crippen LogP contribution in [0.1, 0.15) is 41.4 Å². The Morgan fingerprint density at radius 3 is 1.98 bits per heavy atom. The van der Waals surface area contributed by atoms with Gasteiger partial charge in [-0.3, -0.25) is 0 Å². The average molecular weight is 730 g/mol. The highest BCUT2D eigenvalue weighted by molar-refractivity contribution is 5.78. The first kappa shape index (κ1) is 33.0. The lowest BCUT2D eigenvalue weighted by atomic mass is 9.90. The van der Waals surface area contributed by atoms with E-state index in [0.29, 0.717) is 0 Å². The molecule has 0 aromatic heterocycles. The van der Waals surface area contributed by atoms with Gasteiger partial charge in [0.05, 0.1) is 11.6 Å². The van der Waals surface area contributed by atoms with Crippen LogP contribution in [0.25, 0.3) is 27.8 Å². The number of ether oxygens (including phenoxy) is 2. The van der Waals surface area contributed by atoms with E-state index in [0.717, 1.165) is 74.8 Å². The van der Waals surface area contributed by atoms with Gasteiger partial charge in [-0.05, 0) is 125 Å². The molecule has 0 fully saturated rings. The van der Waals surface area contributed by atoms with Crippen molar-refractivity contribution in [3.8, 4) is 45.6 Å². The summed E-state index contributed by atoms with van der Waals surface area (Å²) >= 11 is 0. The highest BCUT2D eigenvalue weighted by Crippen LogP contribution is 2.45. The number of hydrogen-bond acceptors (Lipinski definition) is 3. The summed E-state index contributed by atoms with van der Waals surface area (Å²) in [6.45, 7) is 0. The maximum absolute atomic E-state index is 6.34. The molecule has 5 aromatic rings. The van der Waals surface area contributed by atoms with E-state index in [9.17, 15) is 0 Å². The van der Waals surface area contributed by atoms with Gasteiger partial charge in [-0.15, -0.1) is 0 Å². The average Bonchev–Trinajstić information content (AvgIpc) is 3.85. The van der Waals surface area contributed by atoms with Gasteiger partial charge >= 0.3 is 0 Å². The van der Waals surface area contributed by atoms with Crippen LogP contribution in [-0.4, -0.2) is 12.2 Å². The molecule has 3 heteroatoms. The first-order valence-electron chi connectivity index (χ1n) is 19.6. The highest BCUT2D eigenvalue weighted by Gasteiger charge is 2.33. The molecule has 0 saturated carbocycles. The third-order valence-electron chi connectivity index (χ3n) is 11.7. The van der Waals surface area contributed by atoms with Crippen LogP contribution in [0.5, 0.6) is 11.5 Å². The molecule has 6 aliphatic rings. The molecule has 0 bridgehead atoms. The van der Waals surface area contributed by atoms with Crippen LogP contribution in [0.4, 0.5) is 11.4 Å². The molecule has 2 aliphatic heterocycles. The Bertz CT molecular complexity index is 2820. The molecule has 268 valence electrons. The zero-order chi connectivity index (χ0) is 37.7. The van der Waals surface area contributed by atoms with Crippen molar-refractivity contribution in [1.82, 2.24) is 0 Å². The van der Waals surface area contributed by atoms with Crippen molar-refractivity contribution in [1.29, 1.82) is 0 Å². The fourth-order valence-corrected chi connectivity index (χ4v) is 8.64. The summed E-state index contributed by atoms with van der Waals surface area (Å²) < 4.78 is 12.6. The van der Waals surface area contributed by atoms with Gasteiger partial charge in [0.25, 0.3) is 0 Å². The zero-order valence-corrected chi connectivity index (χ0v) is 31.1. The zero-order valence-electron chi connectivity index (χ0n) is 31.1. The van der Waals surface area contributed by atoms with Crippen LogP contribution in [0.2, 0.25) is 0 Å². The first-order chi connectivity index (χ1) is 28.2. The number of hydrogen-bond donors (Lipinski definition) is 0. The number of rotatable bonds is 7. The lowest BCUT2D eigenvalue weighted by Crippen LogP contribution is -2.16. The van der Waals surface area contributed by atoms with Crippen molar-refractivity contribution in [3.05, 3.63) is 221 Å². The topological polar surface area (TPSA) is 21.7 Å². The second-order valence-corrected chi connectivity index (χ2v) is 15.0. The molecular weight excluding hydrogens is 695 g/mol. The summed E-state index contributed by atoms with van der Waals surface area (Å²) in [5, 5.41) is 0. The molecule has 4 unspecified atom stereocenters. The second kappa shape index (κ2) is 13.7. The monoisotopic (exact) mass is 729 g/mol. The van der Waals surface area contributed by atoms with Crippen molar-refractivity contribution in [2.45, 2.75) is 36.9 Å². The van der Waals surface area contributed by atoms with E-state index in [-0.39, 0.29) is 24.0 Å². The summed E-state index contributed by atoms with van der Waals surface area (Å²) in [7, 11) is 0. The normalized spacial score (nSPS) is 21.2. The van der Waals surface area contributed by atoms with Gasteiger partial charge in [-0.1, -0.05) is 121 Å². The molecule has 5 aromatic carbocycles. The van der Waals surface area contributed by atoms with E-state index in [1.807, 2.05) is 18.2 Å². The minimum Gasteiger partial charge on any atom is -0.485 e. The summed E-state index contributed by atoms with van der Waals surface area (Å²) in [6.07, 6.45) is 23.2. The van der Waals surface area contributed by atoms with Gasteiger partial charge in [0.2, 0.25) is 0 Å². The Morgan fingerprint density at radius 1 is 0.614 bits per heavy atom. The van der Waals surface area contributed by atoms with Crippen LogP contribution in [0.3, 0.4) is 0 Å². The van der Waals surface area contributed by atoms with Gasteiger partial charge in [-0.2, -0.15) is 0 Å². The lowest BCUT2D eigenvalue weighted by Gasteiger charge is -2.26. The van der Waals surface area contributed by atoms with Crippen LogP contribution in [0, 0.1) is 24.0 Å². The van der Waals surface area contributed by atoms with Crippen molar-refractivity contribution in [2.75, 3.05) is 4.90 Å². The van der Waals surface area contributed by atoms with Gasteiger partial charge in [-0.25, -0.2) is 0 Å². The summed E-state index contributed by atoms with van der Waals surface area (Å²) in [6, 6.07) is 43.0. The van der Waals surface area contributed by atoms with E-state index >= 15 is 0 Å². The van der Waals surface area contributed by atoms with Crippen LogP contribution >= 0.6 is 0 Å². The van der Waals surface area contributed by atoms with Crippen molar-refractivity contribution >= 4 is 16.9 Å². The molecule has 57 heavy (non-hydrogen) atoms. The highest BCUT2D eigenvalue weighted by atomic mass is 16.5. The molecule has 4 atom stereocenters. The van der Waals surface area contributed by atoms with Gasteiger partial charge in [0, 0.05) is 39.6 Å². The SMILES string of the molecule is C1=C=C(N(c2ccc(-c3ccc4c(c3)OC3C#CC=CC43)cc2)c2ccc(-c3ccc4c(c3)OC3C=CC=CC43)cc2)C=CC=1C1=CC=C(c2c#cccc2)CC1. The minimum atomic E-state index is -0.104. The summed E-state index contributed by atoms with van der Waals surface area (Å²) in [5.74, 6) is 8.62. The first-order valence-corrected chi connectivity index (χ1v) is 19.6. The van der Waals surface area contributed by atoms with Crippen LogP contribution in [0.15, 0.2) is 192 Å². The number of anilines is 2. The third-order valence-corrected chi connectivity index (χ3v) is 11.7. The van der Waals surface area contributed by atoms with E-state index in [4.69, 9.17) is 9.47 Å². The fraction of sp³-hybridized carbons (Fsp3) is 0.111. The predicted octanol–water partition coefficient (Wildman–Crippen LogP) is 12.1. The molecule has 2 heterocycles. The van der Waals surface area contributed by atoms with Crippen LogP contribution < -0.4 is 14.4 Å². The fourth-order valence-electron chi connectivity index (χ4n) is 8.64. The lowest BCUT2D eigenvalue weighted by molar-refractivity contribution is 0.269. The quantitative estimate of drug-likeness (QED) is 0.123. The Kier molecular flexibility index (Phi) is 7.95. The Hall–Kier alpha value is -7.38. The van der Waals surface area contributed by atoms with Gasteiger partial charge in [0.1, 0.15) is 17.6 Å². The molecule has 0 radical (unpaired) electrons. The van der Waals surface area contributed by atoms with Crippen LogP contribution in [-0.2, 0) is 0 Å². The van der Waals surface area contributed by atoms with E-state index in [1.165, 1.54) is 22.3 Å². The number of nitrogens with zero attached hydrogens (tertiary/aromatic N) is 1. The molecule has 0 N–H and O–H groups in total. The third kappa shape index (κ3) is 6.01. The molecule has 11 rings (SSSR count). The van der Waals surface area contributed by atoms with Crippen molar-refractivity contribution in [3.63, 3.8) is 0 Å². The van der Waals surface area contributed by atoms with E-state index in [1.54, 1.807) is 0 Å². The second-order valence-electron chi connectivity index (χ2n) is 15.0. The molecule has 0 spiro atoms. The minimum absolute atomic E-state index is 0.0738. The summed E-state index contributed by atoms with van der Waals surface area (Å²) in [5.41, 5.74) is 21.7. The number of allylic oxidation sites excluding steroid dienone is 10. The maximum Gasteiger partial charge on any atom is 0.169 e. The number of benzene rings is 4. The Morgan fingerprint density at radius 2 is 1.30 bits per heavy atom. The molecular formula is C54H35NO2. The van der Waals surface area contributed by atoms with Gasteiger partial charge < -0.3 is 14.4 Å². The molecule has 0 amide bonds. The summed E-state index contributed by atoms with van der Waals surface area (Å²) in [4.78, 5) is 2.25. The number of fused-ring (bicyclic) bond motifs is 6. The largest absolute Gasteiger partial charge is 0.485 e. The van der Waals surface area contributed by atoms with Crippen molar-refractivity contribution < 1.29 is 9.47 Å². The smallest absolute Gasteiger partial charge is 0.169 e. The van der Waals surface area contributed by atoms with Gasteiger partial charge in [0.15, 0.2) is 6.10 Å². The van der Waals surface area contributed by atoms with E-state index in [2.05, 4.69) is 186 Å². The molecule has 0 saturated heterocycles.